The zero-order chi connectivity index (χ0) is 13.0. The lowest BCUT2D eigenvalue weighted by molar-refractivity contribution is -0.123. The van der Waals surface area contributed by atoms with E-state index in [4.69, 9.17) is 10.5 Å². The van der Waals surface area contributed by atoms with E-state index in [0.717, 1.165) is 12.5 Å². The minimum absolute atomic E-state index is 0.0194. The molecule has 0 aromatic heterocycles. The number of hydrogen-bond acceptors (Lipinski definition) is 3. The van der Waals surface area contributed by atoms with Crippen molar-refractivity contribution in [3.8, 4) is 5.75 Å². The molecule has 0 spiro atoms. The van der Waals surface area contributed by atoms with E-state index in [1.807, 2.05) is 12.1 Å². The van der Waals surface area contributed by atoms with Gasteiger partial charge in [0.05, 0.1) is 5.69 Å². The monoisotopic (exact) mass is 248 g/mol. The molecule has 0 aliphatic heterocycles. The van der Waals surface area contributed by atoms with Crippen molar-refractivity contribution < 1.29 is 9.53 Å². The summed E-state index contributed by atoms with van der Waals surface area (Å²) in [6.07, 6.45) is 2.60. The number of para-hydroxylation sites is 2. The van der Waals surface area contributed by atoms with Crippen molar-refractivity contribution in [2.75, 3.05) is 18.9 Å². The second-order valence-electron chi connectivity index (χ2n) is 4.95. The van der Waals surface area contributed by atoms with Gasteiger partial charge in [0.25, 0.3) is 5.91 Å². The normalized spacial score (nSPS) is 16.1. The van der Waals surface area contributed by atoms with Crippen molar-refractivity contribution in [3.05, 3.63) is 24.3 Å². The molecule has 1 unspecified atom stereocenters. The van der Waals surface area contributed by atoms with Crippen LogP contribution in [-0.2, 0) is 4.79 Å². The zero-order valence-electron chi connectivity index (χ0n) is 10.7. The summed E-state index contributed by atoms with van der Waals surface area (Å²) in [6.45, 7) is 2.93. The third kappa shape index (κ3) is 3.65. The van der Waals surface area contributed by atoms with Crippen molar-refractivity contribution in [3.63, 3.8) is 0 Å². The Morgan fingerprint density at radius 2 is 2.22 bits per heavy atom. The van der Waals surface area contributed by atoms with Crippen molar-refractivity contribution in [2.24, 2.45) is 11.8 Å². The molecule has 0 heterocycles. The molecule has 1 saturated carbocycles. The molecule has 1 aliphatic rings. The van der Waals surface area contributed by atoms with Crippen LogP contribution in [0.5, 0.6) is 5.75 Å². The quantitative estimate of drug-likeness (QED) is 0.755. The molecule has 4 heteroatoms. The van der Waals surface area contributed by atoms with Crippen molar-refractivity contribution in [1.29, 1.82) is 0 Å². The minimum atomic E-state index is -0.0919. The van der Waals surface area contributed by atoms with E-state index >= 15 is 0 Å². The third-order valence-electron chi connectivity index (χ3n) is 3.33. The molecule has 98 valence electrons. The number of hydrogen-bond donors (Lipinski definition) is 2. The summed E-state index contributed by atoms with van der Waals surface area (Å²) in [7, 11) is 0. The number of benzene rings is 1. The van der Waals surface area contributed by atoms with E-state index in [1.165, 1.54) is 12.8 Å². The first-order valence-corrected chi connectivity index (χ1v) is 6.41. The second-order valence-corrected chi connectivity index (χ2v) is 4.95. The van der Waals surface area contributed by atoms with Gasteiger partial charge in [0.1, 0.15) is 5.75 Å². The highest BCUT2D eigenvalue weighted by molar-refractivity contribution is 5.77. The Hall–Kier alpha value is -1.71. The maximum absolute atomic E-state index is 11.6. The lowest BCUT2D eigenvalue weighted by atomic mass is 10.1. The molecule has 1 atom stereocenters. The fourth-order valence-electron chi connectivity index (χ4n) is 1.91. The van der Waals surface area contributed by atoms with Crippen LogP contribution in [-0.4, -0.2) is 19.1 Å². The number of nitrogens with two attached hydrogens (primary N) is 1. The Morgan fingerprint density at radius 3 is 2.89 bits per heavy atom. The highest BCUT2D eigenvalue weighted by Crippen LogP contribution is 2.36. The van der Waals surface area contributed by atoms with E-state index < -0.39 is 0 Å². The van der Waals surface area contributed by atoms with E-state index in [2.05, 4.69) is 12.2 Å². The Balaban J connectivity index is 1.69. The number of anilines is 1. The number of rotatable bonds is 6. The predicted octanol–water partition coefficient (Wildman–Crippen LogP) is 1.81. The second kappa shape index (κ2) is 5.76. The molecular weight excluding hydrogens is 228 g/mol. The van der Waals surface area contributed by atoms with E-state index in [9.17, 15) is 4.79 Å². The molecule has 2 rings (SSSR count). The zero-order valence-corrected chi connectivity index (χ0v) is 10.7. The van der Waals surface area contributed by atoms with Crippen molar-refractivity contribution in [2.45, 2.75) is 19.8 Å². The average molecular weight is 248 g/mol. The Morgan fingerprint density at radius 1 is 1.50 bits per heavy atom. The molecule has 1 fully saturated rings. The number of carbonyl (C=O) groups is 1. The van der Waals surface area contributed by atoms with Crippen molar-refractivity contribution in [1.82, 2.24) is 5.32 Å². The summed E-state index contributed by atoms with van der Waals surface area (Å²) < 4.78 is 5.37. The summed E-state index contributed by atoms with van der Waals surface area (Å²) in [5.74, 6) is 1.83. The maximum Gasteiger partial charge on any atom is 0.257 e. The smallest absolute Gasteiger partial charge is 0.257 e. The first-order valence-electron chi connectivity index (χ1n) is 6.41. The maximum atomic E-state index is 11.6. The molecule has 18 heavy (non-hydrogen) atoms. The van der Waals surface area contributed by atoms with Gasteiger partial charge in [0.2, 0.25) is 0 Å². The third-order valence-corrected chi connectivity index (χ3v) is 3.33. The minimum Gasteiger partial charge on any atom is -0.482 e. The molecule has 1 aliphatic carbocycles. The number of amides is 1. The summed E-state index contributed by atoms with van der Waals surface area (Å²) in [6, 6.07) is 7.18. The van der Waals surface area contributed by atoms with Crippen LogP contribution < -0.4 is 15.8 Å². The van der Waals surface area contributed by atoms with Crippen LogP contribution in [0.4, 0.5) is 5.69 Å². The molecule has 0 radical (unpaired) electrons. The van der Waals surface area contributed by atoms with Crippen LogP contribution >= 0.6 is 0 Å². The lowest BCUT2D eigenvalue weighted by Gasteiger charge is -2.12. The first-order chi connectivity index (χ1) is 8.66. The Kier molecular flexibility index (Phi) is 4.07. The lowest BCUT2D eigenvalue weighted by Crippen LogP contribution is -2.33. The number of ether oxygens (including phenoxy) is 1. The van der Waals surface area contributed by atoms with E-state index in [-0.39, 0.29) is 12.5 Å². The molecule has 1 aromatic carbocycles. The van der Waals surface area contributed by atoms with Gasteiger partial charge in [0.15, 0.2) is 6.61 Å². The van der Waals surface area contributed by atoms with Gasteiger partial charge in [-0.25, -0.2) is 0 Å². The molecule has 1 aromatic rings. The van der Waals surface area contributed by atoms with Gasteiger partial charge in [-0.15, -0.1) is 0 Å². The van der Waals surface area contributed by atoms with Gasteiger partial charge in [0, 0.05) is 6.54 Å². The van der Waals surface area contributed by atoms with Gasteiger partial charge in [-0.2, -0.15) is 0 Å². The van der Waals surface area contributed by atoms with Crippen LogP contribution in [0.1, 0.15) is 19.8 Å². The molecule has 0 bridgehead atoms. The molecule has 0 saturated heterocycles. The fourth-order valence-corrected chi connectivity index (χ4v) is 1.91. The fraction of sp³-hybridized carbons (Fsp3) is 0.500. The van der Waals surface area contributed by atoms with Gasteiger partial charge in [-0.3, -0.25) is 4.79 Å². The summed E-state index contributed by atoms with van der Waals surface area (Å²) in [4.78, 5) is 11.6. The van der Waals surface area contributed by atoms with Crippen LogP contribution in [0, 0.1) is 11.8 Å². The molecule has 1 amide bonds. The molecule has 4 nitrogen and oxygen atoms in total. The largest absolute Gasteiger partial charge is 0.482 e. The molecular formula is C14H20N2O2. The summed E-state index contributed by atoms with van der Waals surface area (Å²) in [5.41, 5.74) is 6.27. The highest BCUT2D eigenvalue weighted by Gasteiger charge is 2.27. The van der Waals surface area contributed by atoms with Gasteiger partial charge in [-0.1, -0.05) is 19.1 Å². The number of nitrogens with one attached hydrogen (secondary N) is 1. The average Bonchev–Trinajstić information content (AvgIpc) is 3.19. The Labute approximate surface area is 108 Å². The van der Waals surface area contributed by atoms with Gasteiger partial charge >= 0.3 is 0 Å². The van der Waals surface area contributed by atoms with Crippen molar-refractivity contribution >= 4 is 11.6 Å². The van der Waals surface area contributed by atoms with Crippen LogP contribution in [0.3, 0.4) is 0 Å². The predicted molar refractivity (Wildman–Crippen MR) is 71.2 cm³/mol. The number of nitrogen functional groups attached to an aromatic ring is 1. The summed E-state index contributed by atoms with van der Waals surface area (Å²) in [5, 5.41) is 2.89. The Bertz CT molecular complexity index is 416. The highest BCUT2D eigenvalue weighted by atomic mass is 16.5. The standard InChI is InChI=1S/C14H20N2O2/c1-10(11-6-7-11)8-16-14(17)9-18-13-5-3-2-4-12(13)15/h2-5,10-11H,6-9,15H2,1H3,(H,16,17). The first kappa shape index (κ1) is 12.7. The SMILES string of the molecule is CC(CNC(=O)COc1ccccc1N)C1CC1. The van der Waals surface area contributed by atoms with Gasteiger partial charge < -0.3 is 15.8 Å². The van der Waals surface area contributed by atoms with Crippen LogP contribution in [0.2, 0.25) is 0 Å². The topological polar surface area (TPSA) is 64.3 Å². The van der Waals surface area contributed by atoms with Gasteiger partial charge in [-0.05, 0) is 36.8 Å². The number of carbonyl (C=O) groups excluding carboxylic acids is 1. The van der Waals surface area contributed by atoms with E-state index in [0.29, 0.717) is 17.4 Å². The van der Waals surface area contributed by atoms with E-state index in [1.54, 1.807) is 12.1 Å². The van der Waals surface area contributed by atoms with Crippen LogP contribution in [0.25, 0.3) is 0 Å². The van der Waals surface area contributed by atoms with Crippen LogP contribution in [0.15, 0.2) is 24.3 Å². The molecule has 3 N–H and O–H groups in total. The summed E-state index contributed by atoms with van der Waals surface area (Å²) >= 11 is 0.